The van der Waals surface area contributed by atoms with Crippen LogP contribution in [0.25, 0.3) is 0 Å². The van der Waals surface area contributed by atoms with Gasteiger partial charge in [-0.1, -0.05) is 13.0 Å². The molecule has 0 amide bonds. The van der Waals surface area contributed by atoms with Crippen molar-refractivity contribution in [3.8, 4) is 0 Å². The summed E-state index contributed by atoms with van der Waals surface area (Å²) < 4.78 is 71.0. The average Bonchev–Trinajstić information content (AvgIpc) is 2.46. The van der Waals surface area contributed by atoms with E-state index in [0.29, 0.717) is 25.7 Å². The van der Waals surface area contributed by atoms with Gasteiger partial charge in [-0.3, -0.25) is 0 Å². The number of aryl methyl sites for hydroxylation is 1. The van der Waals surface area contributed by atoms with E-state index in [1.807, 2.05) is 0 Å². The molecule has 0 radical (unpaired) electrons. The topological polar surface area (TPSA) is 0 Å². The molecular formula is C18H19F5. The molecule has 1 aromatic rings. The predicted octanol–water partition coefficient (Wildman–Crippen LogP) is 6.19. The molecule has 1 saturated carbocycles. The third-order valence-corrected chi connectivity index (χ3v) is 5.60. The van der Waals surface area contributed by atoms with Gasteiger partial charge in [0.25, 0.3) is 5.92 Å². The van der Waals surface area contributed by atoms with Crippen molar-refractivity contribution in [2.24, 2.45) is 10.8 Å². The Balaban J connectivity index is 1.95. The fraction of sp³-hybridized carbons (Fsp3) is 0.556. The van der Waals surface area contributed by atoms with Gasteiger partial charge in [0.2, 0.25) is 0 Å². The van der Waals surface area contributed by atoms with E-state index in [2.05, 4.69) is 0 Å². The molecule has 1 aromatic carbocycles. The molecule has 0 N–H and O–H groups in total. The minimum Gasteiger partial charge on any atom is -0.212 e. The summed E-state index contributed by atoms with van der Waals surface area (Å²) >= 11 is 0. The summed E-state index contributed by atoms with van der Waals surface area (Å²) in [5.74, 6) is -6.64. The maximum Gasteiger partial charge on any atom is 0.277 e. The lowest BCUT2D eigenvalue weighted by Crippen LogP contribution is -2.40. The van der Waals surface area contributed by atoms with Crippen LogP contribution in [0.4, 0.5) is 22.0 Å². The van der Waals surface area contributed by atoms with Crippen LogP contribution >= 0.6 is 0 Å². The second kappa shape index (κ2) is 5.05. The summed E-state index contributed by atoms with van der Waals surface area (Å²) in [6, 6.07) is 2.08. The standard InChI is InChI=1S/C18H19F5/c1-11-3-4-12(15(21)14(11)20)18(22,23)10-17-7-5-16(2,6-8-17)13(19)9-17/h3-4,9H,5-8,10H2,1-2H3. The Kier molecular flexibility index (Phi) is 3.62. The normalized spacial score (nSPS) is 30.5. The van der Waals surface area contributed by atoms with Crippen LogP contribution in [0.2, 0.25) is 0 Å². The van der Waals surface area contributed by atoms with Gasteiger partial charge in [-0.05, 0) is 55.7 Å². The molecule has 5 heteroatoms. The Morgan fingerprint density at radius 3 is 2.17 bits per heavy atom. The van der Waals surface area contributed by atoms with Crippen LogP contribution in [0.15, 0.2) is 24.0 Å². The van der Waals surface area contributed by atoms with E-state index in [0.717, 1.165) is 12.1 Å². The van der Waals surface area contributed by atoms with Gasteiger partial charge in [0, 0.05) is 11.8 Å². The lowest BCUT2D eigenvalue weighted by molar-refractivity contribution is -0.0659. The molecule has 1 fully saturated rings. The van der Waals surface area contributed by atoms with Crippen LogP contribution < -0.4 is 0 Å². The van der Waals surface area contributed by atoms with Crippen molar-refractivity contribution < 1.29 is 22.0 Å². The average molecular weight is 330 g/mol. The Morgan fingerprint density at radius 1 is 1.00 bits per heavy atom. The van der Waals surface area contributed by atoms with Gasteiger partial charge in [-0.2, -0.15) is 0 Å². The first-order valence-electron chi connectivity index (χ1n) is 7.80. The van der Waals surface area contributed by atoms with Crippen molar-refractivity contribution in [1.29, 1.82) is 0 Å². The Hall–Kier alpha value is -1.39. The van der Waals surface area contributed by atoms with E-state index in [9.17, 15) is 22.0 Å². The Bertz CT molecular complexity index is 666. The maximum absolute atomic E-state index is 14.6. The Morgan fingerprint density at radius 2 is 1.61 bits per heavy atom. The summed E-state index contributed by atoms with van der Waals surface area (Å²) in [5.41, 5.74) is -2.47. The molecule has 0 unspecified atom stereocenters. The van der Waals surface area contributed by atoms with Crippen LogP contribution in [0, 0.1) is 29.4 Å². The van der Waals surface area contributed by atoms with Crippen LogP contribution in [-0.4, -0.2) is 0 Å². The number of benzene rings is 1. The van der Waals surface area contributed by atoms with Crippen molar-refractivity contribution in [2.75, 3.05) is 0 Å². The Labute approximate surface area is 132 Å². The van der Waals surface area contributed by atoms with Gasteiger partial charge in [0.1, 0.15) is 5.83 Å². The van der Waals surface area contributed by atoms with E-state index >= 15 is 0 Å². The van der Waals surface area contributed by atoms with Crippen molar-refractivity contribution in [2.45, 2.75) is 51.9 Å². The van der Waals surface area contributed by atoms with E-state index in [1.165, 1.54) is 13.0 Å². The van der Waals surface area contributed by atoms with Gasteiger partial charge in [0.15, 0.2) is 11.6 Å². The highest BCUT2D eigenvalue weighted by atomic mass is 19.3. The highest BCUT2D eigenvalue weighted by molar-refractivity contribution is 5.30. The quantitative estimate of drug-likeness (QED) is 0.580. The summed E-state index contributed by atoms with van der Waals surface area (Å²) in [4.78, 5) is 0. The van der Waals surface area contributed by atoms with Crippen LogP contribution in [0.3, 0.4) is 0 Å². The molecule has 4 rings (SSSR count). The first-order chi connectivity index (χ1) is 10.6. The minimum absolute atomic E-state index is 0.0164. The maximum atomic E-state index is 14.6. The lowest BCUT2D eigenvalue weighted by atomic mass is 9.56. The molecule has 0 spiro atoms. The molecule has 126 valence electrons. The smallest absolute Gasteiger partial charge is 0.212 e. The van der Waals surface area contributed by atoms with Crippen LogP contribution in [0.5, 0.6) is 0 Å². The second-order valence-corrected chi connectivity index (χ2v) is 7.35. The van der Waals surface area contributed by atoms with E-state index in [-0.39, 0.29) is 11.4 Å². The van der Waals surface area contributed by atoms with E-state index < -0.39 is 40.4 Å². The number of hydrogen-bond acceptors (Lipinski definition) is 0. The summed E-state index contributed by atoms with van der Waals surface area (Å²) in [5, 5.41) is 0. The van der Waals surface area contributed by atoms with Crippen molar-refractivity contribution in [3.63, 3.8) is 0 Å². The number of alkyl halides is 2. The molecule has 0 heterocycles. The fourth-order valence-electron chi connectivity index (χ4n) is 3.82. The first kappa shape index (κ1) is 16.5. The zero-order valence-corrected chi connectivity index (χ0v) is 13.2. The van der Waals surface area contributed by atoms with Crippen LogP contribution in [-0.2, 0) is 5.92 Å². The number of halogens is 5. The number of hydrogen-bond donors (Lipinski definition) is 0. The summed E-state index contributed by atoms with van der Waals surface area (Å²) in [6.45, 7) is 3.12. The highest BCUT2D eigenvalue weighted by Gasteiger charge is 2.52. The molecule has 0 aromatic heterocycles. The number of fused-ring (bicyclic) bond motifs is 2. The number of rotatable bonds is 3. The zero-order chi connectivity index (χ0) is 17.0. The minimum atomic E-state index is -3.54. The van der Waals surface area contributed by atoms with Gasteiger partial charge in [-0.15, -0.1) is 0 Å². The van der Waals surface area contributed by atoms with E-state index in [1.54, 1.807) is 6.92 Å². The van der Waals surface area contributed by atoms with E-state index in [4.69, 9.17) is 0 Å². The third-order valence-electron chi connectivity index (χ3n) is 5.60. The van der Waals surface area contributed by atoms with Gasteiger partial charge in [-0.25, -0.2) is 22.0 Å². The van der Waals surface area contributed by atoms with Gasteiger partial charge < -0.3 is 0 Å². The van der Waals surface area contributed by atoms with Crippen molar-refractivity contribution in [3.05, 3.63) is 46.8 Å². The molecule has 0 nitrogen and oxygen atoms in total. The monoisotopic (exact) mass is 330 g/mol. The summed E-state index contributed by atoms with van der Waals surface area (Å²) in [6.07, 6.45) is 2.52. The van der Waals surface area contributed by atoms with Crippen molar-refractivity contribution in [1.82, 2.24) is 0 Å². The number of allylic oxidation sites excluding steroid dienone is 2. The van der Waals surface area contributed by atoms with Gasteiger partial charge >= 0.3 is 0 Å². The molecule has 0 atom stereocenters. The molecule has 3 aliphatic carbocycles. The fourth-order valence-corrected chi connectivity index (χ4v) is 3.82. The predicted molar refractivity (Wildman–Crippen MR) is 77.8 cm³/mol. The highest BCUT2D eigenvalue weighted by Crippen LogP contribution is 2.60. The summed E-state index contributed by atoms with van der Waals surface area (Å²) in [7, 11) is 0. The van der Waals surface area contributed by atoms with Crippen molar-refractivity contribution >= 4 is 0 Å². The molecule has 23 heavy (non-hydrogen) atoms. The molecule has 2 bridgehead atoms. The molecule has 3 aliphatic rings. The van der Waals surface area contributed by atoms with Gasteiger partial charge in [0.05, 0.1) is 5.56 Å². The largest absolute Gasteiger partial charge is 0.277 e. The SMILES string of the molecule is Cc1ccc(C(F)(F)CC23C=C(F)C(C)(CC2)CC3)c(F)c1F. The molecular weight excluding hydrogens is 311 g/mol. The third kappa shape index (κ3) is 2.58. The van der Waals surface area contributed by atoms with Crippen LogP contribution in [0.1, 0.15) is 50.2 Å². The lowest BCUT2D eigenvalue weighted by Gasteiger charge is -2.49. The zero-order valence-electron chi connectivity index (χ0n) is 13.2. The molecule has 0 saturated heterocycles. The first-order valence-corrected chi connectivity index (χ1v) is 7.80. The second-order valence-electron chi connectivity index (χ2n) is 7.35. The molecule has 0 aliphatic heterocycles.